The van der Waals surface area contributed by atoms with Crippen molar-refractivity contribution in [2.24, 2.45) is 5.10 Å². The number of carbonyl (C=O) groups is 1. The molecule has 5 heteroatoms. The van der Waals surface area contributed by atoms with Crippen molar-refractivity contribution in [3.05, 3.63) is 144 Å². The van der Waals surface area contributed by atoms with Gasteiger partial charge in [0, 0.05) is 22.5 Å². The number of amides is 1. The van der Waals surface area contributed by atoms with Crippen LogP contribution in [-0.2, 0) is 6.61 Å². The van der Waals surface area contributed by atoms with E-state index >= 15 is 0 Å². The molecule has 0 radical (unpaired) electrons. The minimum atomic E-state index is -0.280. The van der Waals surface area contributed by atoms with E-state index in [2.05, 4.69) is 46.3 Å². The SMILES string of the molecule is Cc1ccc(-c2ccccc2)n1-c1ccc(C(=O)N/N=C/c2ccccc2OCc2ccccc2)cc1. The Morgan fingerprint density at radius 2 is 1.49 bits per heavy atom. The van der Waals surface area contributed by atoms with Crippen LogP contribution in [0.15, 0.2) is 126 Å². The summed E-state index contributed by atoms with van der Waals surface area (Å²) >= 11 is 0. The molecule has 182 valence electrons. The molecule has 1 N–H and O–H groups in total. The maximum absolute atomic E-state index is 12.7. The summed E-state index contributed by atoms with van der Waals surface area (Å²) in [5.74, 6) is 0.419. The van der Waals surface area contributed by atoms with E-state index in [1.54, 1.807) is 6.21 Å². The molecule has 5 nitrogen and oxygen atoms in total. The molecule has 0 saturated heterocycles. The molecule has 5 rings (SSSR count). The smallest absolute Gasteiger partial charge is 0.271 e. The average molecular weight is 486 g/mol. The van der Waals surface area contributed by atoms with Gasteiger partial charge in [-0.1, -0.05) is 72.8 Å². The normalized spacial score (nSPS) is 10.9. The highest BCUT2D eigenvalue weighted by Crippen LogP contribution is 2.26. The first kappa shape index (κ1) is 23.8. The van der Waals surface area contributed by atoms with Gasteiger partial charge < -0.3 is 9.30 Å². The molecule has 0 aliphatic carbocycles. The summed E-state index contributed by atoms with van der Waals surface area (Å²) < 4.78 is 8.14. The lowest BCUT2D eigenvalue weighted by Gasteiger charge is -2.13. The summed E-state index contributed by atoms with van der Waals surface area (Å²) in [6, 6.07) is 39.6. The fourth-order valence-electron chi connectivity index (χ4n) is 4.16. The van der Waals surface area contributed by atoms with Crippen molar-refractivity contribution in [1.82, 2.24) is 9.99 Å². The predicted molar refractivity (Wildman–Crippen MR) is 148 cm³/mol. The Kier molecular flexibility index (Phi) is 7.23. The summed E-state index contributed by atoms with van der Waals surface area (Å²) in [6.07, 6.45) is 1.60. The Bertz CT molecular complexity index is 1510. The lowest BCUT2D eigenvalue weighted by molar-refractivity contribution is 0.0955. The van der Waals surface area contributed by atoms with E-state index in [1.165, 1.54) is 0 Å². The molecule has 4 aromatic carbocycles. The topological polar surface area (TPSA) is 55.6 Å². The Balaban J connectivity index is 1.25. The van der Waals surface area contributed by atoms with Crippen LogP contribution >= 0.6 is 0 Å². The lowest BCUT2D eigenvalue weighted by atomic mass is 10.1. The zero-order valence-corrected chi connectivity index (χ0v) is 20.5. The zero-order valence-electron chi connectivity index (χ0n) is 20.5. The van der Waals surface area contributed by atoms with Crippen LogP contribution in [0.2, 0.25) is 0 Å². The second-order valence-electron chi connectivity index (χ2n) is 8.62. The minimum absolute atomic E-state index is 0.280. The third kappa shape index (κ3) is 5.68. The Labute approximate surface area is 216 Å². The first-order valence-electron chi connectivity index (χ1n) is 12.1. The molecule has 0 bridgehead atoms. The summed E-state index contributed by atoms with van der Waals surface area (Å²) in [6.45, 7) is 2.53. The minimum Gasteiger partial charge on any atom is -0.488 e. The molecule has 0 unspecified atom stereocenters. The van der Waals surface area contributed by atoms with Crippen molar-refractivity contribution < 1.29 is 9.53 Å². The number of nitrogens with one attached hydrogen (secondary N) is 1. The number of aryl methyl sites for hydroxylation is 1. The monoisotopic (exact) mass is 485 g/mol. The summed E-state index contributed by atoms with van der Waals surface area (Å²) in [4.78, 5) is 12.7. The van der Waals surface area contributed by atoms with Crippen molar-refractivity contribution in [2.75, 3.05) is 0 Å². The van der Waals surface area contributed by atoms with E-state index in [4.69, 9.17) is 4.74 Å². The van der Waals surface area contributed by atoms with Crippen LogP contribution in [0.1, 0.15) is 27.2 Å². The molecule has 37 heavy (non-hydrogen) atoms. The lowest BCUT2D eigenvalue weighted by Crippen LogP contribution is -2.17. The molecule has 0 atom stereocenters. The fraction of sp³-hybridized carbons (Fsp3) is 0.0625. The summed E-state index contributed by atoms with van der Waals surface area (Å²) in [5, 5.41) is 4.16. The van der Waals surface area contributed by atoms with Crippen molar-refractivity contribution >= 4 is 12.1 Å². The molecular weight excluding hydrogens is 458 g/mol. The van der Waals surface area contributed by atoms with Gasteiger partial charge in [0.2, 0.25) is 0 Å². The molecule has 1 heterocycles. The van der Waals surface area contributed by atoms with Gasteiger partial charge in [0.1, 0.15) is 12.4 Å². The van der Waals surface area contributed by atoms with E-state index in [1.807, 2.05) is 97.1 Å². The van der Waals surface area contributed by atoms with Gasteiger partial charge in [-0.15, -0.1) is 0 Å². The maximum atomic E-state index is 12.7. The molecule has 1 aromatic heterocycles. The molecule has 5 aromatic rings. The summed E-state index contributed by atoms with van der Waals surface area (Å²) in [7, 11) is 0. The van der Waals surface area contributed by atoms with Crippen molar-refractivity contribution in [2.45, 2.75) is 13.5 Å². The van der Waals surface area contributed by atoms with Crippen LogP contribution in [0.3, 0.4) is 0 Å². The van der Waals surface area contributed by atoms with Crippen LogP contribution in [0.25, 0.3) is 16.9 Å². The number of ether oxygens (including phenoxy) is 1. The van der Waals surface area contributed by atoms with Gasteiger partial charge in [-0.2, -0.15) is 5.10 Å². The Hall–Kier alpha value is -4.90. The average Bonchev–Trinajstić information content (AvgIpc) is 3.34. The number of hydrogen-bond donors (Lipinski definition) is 1. The van der Waals surface area contributed by atoms with E-state index in [0.717, 1.165) is 33.8 Å². The molecule has 0 spiro atoms. The molecular formula is C32H27N3O2. The van der Waals surface area contributed by atoms with E-state index in [0.29, 0.717) is 17.9 Å². The molecule has 1 amide bonds. The number of rotatable bonds is 8. The second-order valence-corrected chi connectivity index (χ2v) is 8.62. The largest absolute Gasteiger partial charge is 0.488 e. The van der Waals surface area contributed by atoms with Crippen LogP contribution < -0.4 is 10.2 Å². The van der Waals surface area contributed by atoms with E-state index in [-0.39, 0.29) is 5.91 Å². The third-order valence-corrected chi connectivity index (χ3v) is 6.06. The van der Waals surface area contributed by atoms with Gasteiger partial charge >= 0.3 is 0 Å². The van der Waals surface area contributed by atoms with Crippen LogP contribution in [0.5, 0.6) is 5.75 Å². The molecule has 0 fully saturated rings. The number of hydrazone groups is 1. The fourth-order valence-corrected chi connectivity index (χ4v) is 4.16. The van der Waals surface area contributed by atoms with Crippen molar-refractivity contribution in [3.8, 4) is 22.7 Å². The number of aromatic nitrogens is 1. The Morgan fingerprint density at radius 3 is 2.24 bits per heavy atom. The van der Waals surface area contributed by atoms with Gasteiger partial charge in [-0.3, -0.25) is 4.79 Å². The van der Waals surface area contributed by atoms with Crippen LogP contribution in [-0.4, -0.2) is 16.7 Å². The van der Waals surface area contributed by atoms with Gasteiger partial charge in [0.05, 0.1) is 11.9 Å². The number of para-hydroxylation sites is 1. The first-order valence-corrected chi connectivity index (χ1v) is 12.1. The second kappa shape index (κ2) is 11.2. The number of hydrogen-bond acceptors (Lipinski definition) is 3. The van der Waals surface area contributed by atoms with Gasteiger partial charge in [-0.25, -0.2) is 5.43 Å². The first-order chi connectivity index (χ1) is 18.2. The van der Waals surface area contributed by atoms with Crippen molar-refractivity contribution in [3.63, 3.8) is 0 Å². The van der Waals surface area contributed by atoms with Crippen LogP contribution in [0.4, 0.5) is 0 Å². The zero-order chi connectivity index (χ0) is 25.5. The summed E-state index contributed by atoms with van der Waals surface area (Å²) in [5.41, 5.74) is 9.37. The highest BCUT2D eigenvalue weighted by molar-refractivity contribution is 5.95. The highest BCUT2D eigenvalue weighted by Gasteiger charge is 2.11. The Morgan fingerprint density at radius 1 is 0.811 bits per heavy atom. The quantitative estimate of drug-likeness (QED) is 0.194. The van der Waals surface area contributed by atoms with Crippen molar-refractivity contribution in [1.29, 1.82) is 0 Å². The molecule has 0 aliphatic rings. The van der Waals surface area contributed by atoms with E-state index < -0.39 is 0 Å². The molecule has 0 aliphatic heterocycles. The van der Waals surface area contributed by atoms with Gasteiger partial charge in [-0.05, 0) is 66.6 Å². The standard InChI is InChI=1S/C32H27N3O2/c1-24-16-21-30(26-12-6-3-7-13-26)35(24)29-19-17-27(18-20-29)32(36)34-33-22-28-14-8-9-15-31(28)37-23-25-10-4-2-5-11-25/h2-22H,23H2,1H3,(H,34,36)/b33-22+. The van der Waals surface area contributed by atoms with E-state index in [9.17, 15) is 4.79 Å². The highest BCUT2D eigenvalue weighted by atomic mass is 16.5. The number of nitrogens with zero attached hydrogens (tertiary/aromatic N) is 2. The maximum Gasteiger partial charge on any atom is 0.271 e. The third-order valence-electron chi connectivity index (χ3n) is 6.06. The van der Waals surface area contributed by atoms with Gasteiger partial charge in [0.15, 0.2) is 0 Å². The van der Waals surface area contributed by atoms with Gasteiger partial charge in [0.25, 0.3) is 5.91 Å². The number of carbonyl (C=O) groups excluding carboxylic acids is 1. The number of benzene rings is 4. The predicted octanol–water partition coefficient (Wildman–Crippen LogP) is 6.80. The van der Waals surface area contributed by atoms with Crippen LogP contribution in [0, 0.1) is 6.92 Å². The molecule has 0 saturated carbocycles.